The minimum Gasteiger partial charge on any atom is -0.460 e. The van der Waals surface area contributed by atoms with Gasteiger partial charge in [-0.25, -0.2) is 0 Å². The van der Waals surface area contributed by atoms with E-state index in [4.69, 9.17) is 10.5 Å². The van der Waals surface area contributed by atoms with Gasteiger partial charge in [0.05, 0.1) is 11.1 Å². The molecule has 0 saturated heterocycles. The van der Waals surface area contributed by atoms with Crippen LogP contribution in [0, 0.1) is 12.3 Å². The molecule has 23 heavy (non-hydrogen) atoms. The number of hydrogen-bond acceptors (Lipinski definition) is 4. The summed E-state index contributed by atoms with van der Waals surface area (Å²) in [6.07, 6.45) is 6.29. The van der Waals surface area contributed by atoms with E-state index in [1.807, 2.05) is 39.4 Å². The Morgan fingerprint density at radius 1 is 1.35 bits per heavy atom. The summed E-state index contributed by atoms with van der Waals surface area (Å²) in [7, 11) is 1.93. The first-order valence-electron chi connectivity index (χ1n) is 8.57. The zero-order valence-electron chi connectivity index (χ0n) is 15.0. The summed E-state index contributed by atoms with van der Waals surface area (Å²) >= 11 is 0. The van der Waals surface area contributed by atoms with Crippen molar-refractivity contribution < 1.29 is 9.53 Å². The maximum atomic E-state index is 12.9. The van der Waals surface area contributed by atoms with Gasteiger partial charge in [0.2, 0.25) is 0 Å². The lowest BCUT2D eigenvalue weighted by Crippen LogP contribution is -2.59. The molecule has 0 aromatic carbocycles. The predicted molar refractivity (Wildman–Crippen MR) is 89.0 cm³/mol. The number of ether oxygens (including phenoxy) is 1. The van der Waals surface area contributed by atoms with E-state index in [-0.39, 0.29) is 22.8 Å². The van der Waals surface area contributed by atoms with Crippen LogP contribution in [0.1, 0.15) is 70.1 Å². The summed E-state index contributed by atoms with van der Waals surface area (Å²) in [5.41, 5.74) is 7.94. The number of nitrogens with zero attached hydrogens (tertiary/aromatic N) is 2. The zero-order chi connectivity index (χ0) is 17.0. The van der Waals surface area contributed by atoms with Crippen LogP contribution in [0.25, 0.3) is 0 Å². The molecule has 1 heterocycles. The van der Waals surface area contributed by atoms with E-state index < -0.39 is 5.60 Å². The molecule has 5 heteroatoms. The third-order valence-electron chi connectivity index (χ3n) is 5.69. The molecule has 3 aliphatic rings. The molecule has 0 spiro atoms. The summed E-state index contributed by atoms with van der Waals surface area (Å²) in [6, 6.07) is 0. The van der Waals surface area contributed by atoms with Gasteiger partial charge in [0.1, 0.15) is 5.60 Å². The molecule has 3 saturated carbocycles. The Morgan fingerprint density at radius 2 is 1.96 bits per heavy atom. The number of aryl methyl sites for hydroxylation is 2. The second kappa shape index (κ2) is 5.07. The van der Waals surface area contributed by atoms with Gasteiger partial charge in [-0.2, -0.15) is 5.10 Å². The monoisotopic (exact) mass is 319 g/mol. The van der Waals surface area contributed by atoms with Gasteiger partial charge in [-0.1, -0.05) is 0 Å². The second-order valence-corrected chi connectivity index (χ2v) is 8.62. The van der Waals surface area contributed by atoms with Crippen LogP contribution in [0.15, 0.2) is 6.20 Å². The molecule has 1 atom stereocenters. The Hall–Kier alpha value is -1.36. The first-order chi connectivity index (χ1) is 10.5. The van der Waals surface area contributed by atoms with Crippen LogP contribution < -0.4 is 5.73 Å². The maximum absolute atomic E-state index is 12.9. The first-order valence-corrected chi connectivity index (χ1v) is 8.57. The lowest BCUT2D eigenvalue weighted by molar-refractivity contribution is -0.175. The Labute approximate surface area is 138 Å². The molecule has 0 amide bonds. The van der Waals surface area contributed by atoms with E-state index in [1.54, 1.807) is 0 Å². The highest BCUT2D eigenvalue weighted by atomic mass is 16.6. The Kier molecular flexibility index (Phi) is 3.63. The summed E-state index contributed by atoms with van der Waals surface area (Å²) < 4.78 is 7.59. The average Bonchev–Trinajstić information content (AvgIpc) is 2.76. The highest BCUT2D eigenvalue weighted by Crippen LogP contribution is 2.58. The number of fused-ring (bicyclic) bond motifs is 3. The highest BCUT2D eigenvalue weighted by Gasteiger charge is 2.57. The van der Waals surface area contributed by atoms with Gasteiger partial charge >= 0.3 is 5.97 Å². The lowest BCUT2D eigenvalue weighted by Gasteiger charge is -2.55. The highest BCUT2D eigenvalue weighted by molar-refractivity contribution is 5.78. The van der Waals surface area contributed by atoms with Gasteiger partial charge in [0.15, 0.2) is 0 Å². The van der Waals surface area contributed by atoms with Crippen molar-refractivity contribution in [3.63, 3.8) is 0 Å². The molecule has 4 rings (SSSR count). The van der Waals surface area contributed by atoms with E-state index >= 15 is 0 Å². The number of carbonyl (C=O) groups is 1. The van der Waals surface area contributed by atoms with Gasteiger partial charge in [-0.05, 0) is 65.4 Å². The number of aromatic nitrogens is 2. The summed E-state index contributed by atoms with van der Waals surface area (Å²) in [4.78, 5) is 12.9. The van der Waals surface area contributed by atoms with Crippen LogP contribution in [0.2, 0.25) is 0 Å². The molecular weight excluding hydrogens is 290 g/mol. The van der Waals surface area contributed by atoms with Crippen LogP contribution in [0.4, 0.5) is 0 Å². The quantitative estimate of drug-likeness (QED) is 0.851. The van der Waals surface area contributed by atoms with Gasteiger partial charge in [-0.3, -0.25) is 9.48 Å². The van der Waals surface area contributed by atoms with Gasteiger partial charge in [-0.15, -0.1) is 0 Å². The van der Waals surface area contributed by atoms with Gasteiger partial charge < -0.3 is 10.5 Å². The Morgan fingerprint density at radius 3 is 2.43 bits per heavy atom. The molecular formula is C18H29N3O2. The smallest absolute Gasteiger partial charge is 0.312 e. The summed E-state index contributed by atoms with van der Waals surface area (Å²) in [5.74, 6) is 0.143. The molecule has 5 nitrogen and oxygen atoms in total. The fourth-order valence-electron chi connectivity index (χ4n) is 4.39. The van der Waals surface area contributed by atoms with Crippen molar-refractivity contribution in [2.45, 2.75) is 76.9 Å². The van der Waals surface area contributed by atoms with E-state index in [9.17, 15) is 4.79 Å². The van der Waals surface area contributed by atoms with Crippen LogP contribution in [0.5, 0.6) is 0 Å². The van der Waals surface area contributed by atoms with E-state index in [1.165, 1.54) is 5.56 Å². The summed E-state index contributed by atoms with van der Waals surface area (Å²) in [6.45, 7) is 7.83. The molecule has 3 aliphatic carbocycles. The first kappa shape index (κ1) is 16.5. The third-order valence-corrected chi connectivity index (χ3v) is 5.69. The van der Waals surface area contributed by atoms with Crippen molar-refractivity contribution in [1.82, 2.24) is 9.78 Å². The van der Waals surface area contributed by atoms with Crippen molar-refractivity contribution in [3.8, 4) is 0 Å². The average molecular weight is 319 g/mol. The second-order valence-electron chi connectivity index (χ2n) is 8.62. The van der Waals surface area contributed by atoms with E-state index in [2.05, 4.69) is 11.3 Å². The number of rotatable bonds is 2. The molecule has 1 unspecified atom stereocenters. The van der Waals surface area contributed by atoms with Crippen LogP contribution in [0.3, 0.4) is 0 Å². The SMILES string of the molecule is Cc1nn(C)cc1C1CC2(C(=O)OC(C)(C)C)CCC1(N)CC2. The largest absolute Gasteiger partial charge is 0.460 e. The standard InChI is InChI=1S/C18H29N3O2/c1-12-13(11-21(5)20-12)14-10-17(15(22)23-16(2,3)4)6-8-18(14,19)9-7-17/h11,14H,6-10,19H2,1-5H3. The number of hydrogen-bond donors (Lipinski definition) is 1. The van der Waals surface area contributed by atoms with Crippen molar-refractivity contribution in [3.05, 3.63) is 17.5 Å². The molecule has 0 radical (unpaired) electrons. The van der Waals surface area contributed by atoms with E-state index in [0.717, 1.165) is 37.8 Å². The normalized spacial score (nSPS) is 33.7. The van der Waals surface area contributed by atoms with Crippen LogP contribution in [-0.4, -0.2) is 26.9 Å². The minimum atomic E-state index is -0.444. The van der Waals surface area contributed by atoms with Gasteiger partial charge in [0.25, 0.3) is 0 Å². The predicted octanol–water partition coefficient (Wildman–Crippen LogP) is 2.82. The number of carbonyl (C=O) groups excluding carboxylic acids is 1. The molecule has 2 N–H and O–H groups in total. The molecule has 3 fully saturated rings. The molecule has 0 aliphatic heterocycles. The van der Waals surface area contributed by atoms with Crippen molar-refractivity contribution in [2.24, 2.45) is 18.2 Å². The topological polar surface area (TPSA) is 70.1 Å². The lowest BCUT2D eigenvalue weighted by atomic mass is 9.51. The maximum Gasteiger partial charge on any atom is 0.312 e. The summed E-state index contributed by atoms with van der Waals surface area (Å²) in [5, 5.41) is 4.47. The van der Waals surface area contributed by atoms with Crippen molar-refractivity contribution >= 4 is 5.97 Å². The Balaban J connectivity index is 1.92. The number of nitrogens with two attached hydrogens (primary N) is 1. The third kappa shape index (κ3) is 2.80. The van der Waals surface area contributed by atoms with Gasteiger partial charge in [0, 0.05) is 24.7 Å². The van der Waals surface area contributed by atoms with Crippen molar-refractivity contribution in [1.29, 1.82) is 0 Å². The molecule has 1 aromatic heterocycles. The van der Waals surface area contributed by atoms with Crippen molar-refractivity contribution in [2.75, 3.05) is 0 Å². The number of esters is 1. The minimum absolute atomic E-state index is 0.0432. The molecule has 2 bridgehead atoms. The molecule has 128 valence electrons. The molecule has 1 aromatic rings. The fraction of sp³-hybridized carbons (Fsp3) is 0.778. The van der Waals surface area contributed by atoms with E-state index in [0.29, 0.717) is 0 Å². The fourth-order valence-corrected chi connectivity index (χ4v) is 4.39. The van der Waals surface area contributed by atoms with Crippen LogP contribution >= 0.6 is 0 Å². The zero-order valence-corrected chi connectivity index (χ0v) is 15.0. The van der Waals surface area contributed by atoms with Crippen LogP contribution in [-0.2, 0) is 16.6 Å². The Bertz CT molecular complexity index is 619.